The molecule has 0 saturated carbocycles. The predicted molar refractivity (Wildman–Crippen MR) is 102 cm³/mol. The summed E-state index contributed by atoms with van der Waals surface area (Å²) in [7, 11) is 0.0125. The molecule has 0 amide bonds. The largest absolute Gasteiger partial charge is 0.384 e. The lowest BCUT2D eigenvalue weighted by atomic mass is 10.2. The van der Waals surface area contributed by atoms with Crippen molar-refractivity contribution in [2.45, 2.75) is 30.7 Å². The van der Waals surface area contributed by atoms with Crippen molar-refractivity contribution in [1.29, 1.82) is 0 Å². The van der Waals surface area contributed by atoms with Crippen LogP contribution in [-0.2, 0) is 32.4 Å². The van der Waals surface area contributed by atoms with Gasteiger partial charge in [0.1, 0.15) is 0 Å². The first-order chi connectivity index (χ1) is 13.0. The summed E-state index contributed by atoms with van der Waals surface area (Å²) in [6.07, 6.45) is 2.66. The second-order valence-electron chi connectivity index (χ2n) is 6.85. The molecule has 1 fully saturated rings. The van der Waals surface area contributed by atoms with Crippen LogP contribution >= 0.6 is 0 Å². The number of likely N-dealkylation sites (N-methyl/N-ethyl adjacent to an activating group) is 1. The Balaban J connectivity index is 1.90. The fraction of sp³-hybridized carbons (Fsp3) is 0.526. The number of nitrogens with zero attached hydrogens (tertiary/aromatic N) is 3. The fourth-order valence-electron chi connectivity index (χ4n) is 3.24. The highest BCUT2D eigenvalue weighted by atomic mass is 32.2. The van der Waals surface area contributed by atoms with E-state index in [1.54, 1.807) is 6.20 Å². The summed E-state index contributed by atoms with van der Waals surface area (Å²) in [5.41, 5.74) is 1.91. The van der Waals surface area contributed by atoms with Crippen LogP contribution in [0.2, 0.25) is 0 Å². The molecule has 1 unspecified atom stereocenters. The molecule has 8 heteroatoms. The topological polar surface area (TPSA) is 73.7 Å². The predicted octanol–water partition coefficient (Wildman–Crippen LogP) is 1.57. The molecule has 1 aliphatic heterocycles. The summed E-state index contributed by atoms with van der Waals surface area (Å²) in [6.45, 7) is 2.72. The van der Waals surface area contributed by atoms with Crippen molar-refractivity contribution in [2.24, 2.45) is 0 Å². The fourth-order valence-corrected chi connectivity index (χ4v) is 4.54. The average molecular weight is 394 g/mol. The van der Waals surface area contributed by atoms with Crippen molar-refractivity contribution < 1.29 is 17.9 Å². The Kier molecular flexibility index (Phi) is 6.64. The smallest absolute Gasteiger partial charge is 0.228 e. The monoisotopic (exact) mass is 393 g/mol. The molecule has 27 heavy (non-hydrogen) atoms. The highest BCUT2D eigenvalue weighted by Gasteiger charge is 2.26. The third-order valence-electron chi connectivity index (χ3n) is 4.86. The van der Waals surface area contributed by atoms with Gasteiger partial charge in [-0.3, -0.25) is 4.90 Å². The van der Waals surface area contributed by atoms with E-state index in [0.29, 0.717) is 25.7 Å². The van der Waals surface area contributed by atoms with Crippen molar-refractivity contribution in [2.75, 3.05) is 39.7 Å². The Morgan fingerprint density at radius 2 is 2.11 bits per heavy atom. The molecular formula is C19H27N3O4S. The number of sulfone groups is 1. The van der Waals surface area contributed by atoms with E-state index in [-0.39, 0.29) is 17.5 Å². The lowest BCUT2D eigenvalue weighted by Crippen LogP contribution is -2.32. The molecule has 1 aliphatic rings. The van der Waals surface area contributed by atoms with Gasteiger partial charge in [-0.2, -0.15) is 0 Å². The number of benzene rings is 1. The molecular weight excluding hydrogens is 366 g/mol. The van der Waals surface area contributed by atoms with E-state index in [0.717, 1.165) is 24.3 Å². The summed E-state index contributed by atoms with van der Waals surface area (Å²) < 4.78 is 37.8. The Hall–Kier alpha value is -1.74. The molecule has 1 saturated heterocycles. The molecule has 0 N–H and O–H groups in total. The summed E-state index contributed by atoms with van der Waals surface area (Å²) in [6, 6.07) is 10.2. The Bertz CT molecular complexity index is 830. The lowest BCUT2D eigenvalue weighted by Gasteiger charge is -2.23. The van der Waals surface area contributed by atoms with Crippen molar-refractivity contribution >= 4 is 9.84 Å². The third-order valence-corrected chi connectivity index (χ3v) is 6.45. The molecule has 2 heterocycles. The zero-order chi connectivity index (χ0) is 19.3. The van der Waals surface area contributed by atoms with Crippen LogP contribution in [0.3, 0.4) is 0 Å². The van der Waals surface area contributed by atoms with Crippen molar-refractivity contribution in [3.05, 3.63) is 47.8 Å². The highest BCUT2D eigenvalue weighted by Crippen LogP contribution is 2.19. The Morgan fingerprint density at radius 3 is 2.78 bits per heavy atom. The molecule has 7 nitrogen and oxygen atoms in total. The van der Waals surface area contributed by atoms with Gasteiger partial charge in [0, 0.05) is 26.3 Å². The summed E-state index contributed by atoms with van der Waals surface area (Å²) >= 11 is 0. The molecule has 2 aromatic rings. The highest BCUT2D eigenvalue weighted by molar-refractivity contribution is 7.91. The lowest BCUT2D eigenvalue weighted by molar-refractivity contribution is 0.155. The van der Waals surface area contributed by atoms with E-state index in [2.05, 4.69) is 9.88 Å². The zero-order valence-electron chi connectivity index (χ0n) is 15.9. The molecule has 148 valence electrons. The van der Waals surface area contributed by atoms with E-state index >= 15 is 0 Å². The van der Waals surface area contributed by atoms with Crippen molar-refractivity contribution in [3.8, 4) is 0 Å². The maximum atomic E-state index is 12.8. The van der Waals surface area contributed by atoms with Crippen LogP contribution in [0.1, 0.15) is 17.7 Å². The van der Waals surface area contributed by atoms with Gasteiger partial charge in [-0.15, -0.1) is 0 Å². The van der Waals surface area contributed by atoms with Crippen LogP contribution in [0.25, 0.3) is 0 Å². The first-order valence-corrected chi connectivity index (χ1v) is 10.7. The van der Waals surface area contributed by atoms with Crippen LogP contribution in [0.15, 0.2) is 41.7 Å². The van der Waals surface area contributed by atoms with Gasteiger partial charge in [-0.1, -0.05) is 30.3 Å². The molecule has 0 spiro atoms. The van der Waals surface area contributed by atoms with Crippen LogP contribution in [0.4, 0.5) is 0 Å². The van der Waals surface area contributed by atoms with E-state index < -0.39 is 9.84 Å². The molecule has 0 radical (unpaired) electrons. The third kappa shape index (κ3) is 4.95. The second kappa shape index (κ2) is 8.97. The van der Waals surface area contributed by atoms with Gasteiger partial charge < -0.3 is 14.0 Å². The minimum atomic E-state index is -3.52. The molecule has 3 rings (SSSR count). The first kappa shape index (κ1) is 20.0. The first-order valence-electron chi connectivity index (χ1n) is 9.09. The minimum Gasteiger partial charge on any atom is -0.384 e. The number of imidazole rings is 1. The number of ether oxygens (including phenoxy) is 2. The van der Waals surface area contributed by atoms with Gasteiger partial charge >= 0.3 is 0 Å². The van der Waals surface area contributed by atoms with Crippen molar-refractivity contribution in [3.63, 3.8) is 0 Å². The van der Waals surface area contributed by atoms with Gasteiger partial charge in [-0.05, 0) is 19.0 Å². The summed E-state index contributed by atoms with van der Waals surface area (Å²) in [5.74, 6) is -0.0823. The number of methoxy groups -OCH3 is 1. The van der Waals surface area contributed by atoms with E-state index in [9.17, 15) is 8.42 Å². The van der Waals surface area contributed by atoms with Crippen LogP contribution < -0.4 is 0 Å². The molecule has 0 aliphatic carbocycles. The van der Waals surface area contributed by atoms with Gasteiger partial charge in [0.15, 0.2) is 0 Å². The van der Waals surface area contributed by atoms with Crippen LogP contribution in [0.5, 0.6) is 0 Å². The number of hydrogen-bond donors (Lipinski definition) is 0. The van der Waals surface area contributed by atoms with Gasteiger partial charge in [0.05, 0.1) is 37.4 Å². The van der Waals surface area contributed by atoms with Gasteiger partial charge in [0.2, 0.25) is 15.0 Å². The maximum absolute atomic E-state index is 12.8. The molecule has 0 bridgehead atoms. The average Bonchev–Trinajstić information content (AvgIpc) is 3.32. The molecule has 1 atom stereocenters. The standard InChI is InChI=1S/C19H27N3O4S/c1-21(17-8-9-26-15-17)14-18-12-20-19(27(23,24)11-10-25-2)22(18)13-16-6-4-3-5-7-16/h3-7,12,17H,8-11,13-15H2,1-2H3. The Morgan fingerprint density at radius 1 is 1.33 bits per heavy atom. The van der Waals surface area contributed by atoms with E-state index in [4.69, 9.17) is 9.47 Å². The summed E-state index contributed by atoms with van der Waals surface area (Å²) in [5, 5.41) is 0.106. The maximum Gasteiger partial charge on any atom is 0.228 e. The second-order valence-corrected chi connectivity index (χ2v) is 8.85. The minimum absolute atomic E-state index is 0.0823. The van der Waals surface area contributed by atoms with Crippen LogP contribution in [-0.4, -0.2) is 68.6 Å². The van der Waals surface area contributed by atoms with Gasteiger partial charge in [-0.25, -0.2) is 13.4 Å². The van der Waals surface area contributed by atoms with E-state index in [1.165, 1.54) is 7.11 Å². The SMILES string of the molecule is COCCS(=O)(=O)c1ncc(CN(C)C2CCOC2)n1Cc1ccccc1. The molecule has 1 aromatic heterocycles. The number of rotatable bonds is 9. The van der Waals surface area contributed by atoms with Crippen molar-refractivity contribution in [1.82, 2.24) is 14.5 Å². The number of hydrogen-bond acceptors (Lipinski definition) is 6. The van der Waals surface area contributed by atoms with E-state index in [1.807, 2.05) is 41.9 Å². The quantitative estimate of drug-likeness (QED) is 0.644. The normalized spacial score (nSPS) is 17.7. The zero-order valence-corrected chi connectivity index (χ0v) is 16.7. The van der Waals surface area contributed by atoms with Gasteiger partial charge in [0.25, 0.3) is 0 Å². The number of aromatic nitrogens is 2. The summed E-state index contributed by atoms with van der Waals surface area (Å²) in [4.78, 5) is 6.48. The molecule has 1 aromatic carbocycles. The van der Waals surface area contributed by atoms with Crippen LogP contribution in [0, 0.1) is 0 Å². The Labute approximate surface area is 160 Å².